The maximum atomic E-state index is 11.6. The summed E-state index contributed by atoms with van der Waals surface area (Å²) in [7, 11) is 1.65. The molecule has 0 amide bonds. The number of esters is 1. The summed E-state index contributed by atoms with van der Waals surface area (Å²) in [5.74, 6) is 1.83. The Morgan fingerprint density at radius 2 is 2.03 bits per heavy atom. The maximum absolute atomic E-state index is 11.6. The molecular weight excluding hydrogens is 442 g/mol. The predicted molar refractivity (Wildman–Crippen MR) is 139 cm³/mol. The second-order valence-electron chi connectivity index (χ2n) is 9.38. The van der Waals surface area contributed by atoms with Gasteiger partial charge in [0.2, 0.25) is 0 Å². The van der Waals surface area contributed by atoms with Crippen LogP contribution in [0.25, 0.3) is 16.7 Å². The topological polar surface area (TPSA) is 57.2 Å². The van der Waals surface area contributed by atoms with Crippen molar-refractivity contribution < 1.29 is 23.7 Å². The van der Waals surface area contributed by atoms with Crippen LogP contribution in [0.15, 0.2) is 43.0 Å². The molecule has 6 nitrogen and oxygen atoms in total. The van der Waals surface area contributed by atoms with E-state index >= 15 is 0 Å². The van der Waals surface area contributed by atoms with E-state index in [4.69, 9.17) is 18.9 Å². The first-order valence-corrected chi connectivity index (χ1v) is 12.2. The summed E-state index contributed by atoms with van der Waals surface area (Å²) in [6.07, 6.45) is 5.15. The first-order chi connectivity index (χ1) is 16.8. The second-order valence-corrected chi connectivity index (χ2v) is 9.38. The van der Waals surface area contributed by atoms with E-state index < -0.39 is 0 Å². The van der Waals surface area contributed by atoms with Crippen molar-refractivity contribution in [1.82, 2.24) is 0 Å². The summed E-state index contributed by atoms with van der Waals surface area (Å²) >= 11 is 0. The Bertz CT molecular complexity index is 1160. The molecule has 2 aliphatic rings. The number of anilines is 1. The van der Waals surface area contributed by atoms with E-state index in [1.807, 2.05) is 18.2 Å². The van der Waals surface area contributed by atoms with E-state index in [1.165, 1.54) is 16.8 Å². The minimum atomic E-state index is -0.210. The van der Waals surface area contributed by atoms with Crippen LogP contribution < -0.4 is 19.1 Å². The number of methoxy groups -OCH3 is 1. The van der Waals surface area contributed by atoms with Crippen LogP contribution in [0, 0.1) is 0 Å². The van der Waals surface area contributed by atoms with Gasteiger partial charge in [0.15, 0.2) is 11.5 Å². The second kappa shape index (κ2) is 10.1. The van der Waals surface area contributed by atoms with Crippen LogP contribution in [0.4, 0.5) is 5.69 Å². The monoisotopic (exact) mass is 477 g/mol. The van der Waals surface area contributed by atoms with Gasteiger partial charge in [0.05, 0.1) is 31.4 Å². The van der Waals surface area contributed by atoms with Crippen LogP contribution >= 0.6 is 0 Å². The van der Waals surface area contributed by atoms with Crippen LogP contribution in [0.3, 0.4) is 0 Å². The largest absolute Gasteiger partial charge is 0.492 e. The van der Waals surface area contributed by atoms with Gasteiger partial charge in [0.1, 0.15) is 12.4 Å². The number of allylic oxidation sites excluding steroid dienone is 1. The molecule has 2 aromatic carbocycles. The normalized spacial score (nSPS) is 15.1. The molecule has 0 N–H and O–H groups in total. The van der Waals surface area contributed by atoms with Crippen LogP contribution in [0.5, 0.6) is 17.2 Å². The summed E-state index contributed by atoms with van der Waals surface area (Å²) in [5, 5.41) is 0. The zero-order chi connectivity index (χ0) is 25.2. The van der Waals surface area contributed by atoms with Crippen LogP contribution in [0.1, 0.15) is 51.7 Å². The number of hydrogen-bond donors (Lipinski definition) is 0. The molecule has 0 aliphatic carbocycles. The Morgan fingerprint density at radius 3 is 2.74 bits per heavy atom. The van der Waals surface area contributed by atoms with Gasteiger partial charge in [-0.15, -0.1) is 6.58 Å². The summed E-state index contributed by atoms with van der Waals surface area (Å²) in [6.45, 7) is 14.4. The molecule has 0 saturated heterocycles. The summed E-state index contributed by atoms with van der Waals surface area (Å²) in [5.41, 5.74) is 6.64. The fraction of sp³-hybridized carbons (Fsp3) is 0.414. The Labute approximate surface area is 208 Å². The first kappa shape index (κ1) is 24.7. The average molecular weight is 478 g/mol. The third-order valence-electron chi connectivity index (χ3n) is 6.57. The van der Waals surface area contributed by atoms with Crippen molar-refractivity contribution >= 4 is 17.2 Å². The van der Waals surface area contributed by atoms with Crippen molar-refractivity contribution in [2.45, 2.75) is 52.7 Å². The average Bonchev–Trinajstić information content (AvgIpc) is 2.83. The minimum absolute atomic E-state index is 0.116. The van der Waals surface area contributed by atoms with E-state index in [-0.39, 0.29) is 11.5 Å². The quantitative estimate of drug-likeness (QED) is 0.245. The Hall–Kier alpha value is -3.41. The first-order valence-electron chi connectivity index (χ1n) is 12.2. The zero-order valence-electron chi connectivity index (χ0n) is 21.4. The molecule has 35 heavy (non-hydrogen) atoms. The minimum Gasteiger partial charge on any atom is -0.492 e. The molecule has 0 unspecified atom stereocenters. The Kier molecular flexibility index (Phi) is 7.10. The number of fused-ring (bicyclic) bond motifs is 5. The van der Waals surface area contributed by atoms with Crippen molar-refractivity contribution in [2.75, 3.05) is 31.8 Å². The van der Waals surface area contributed by atoms with E-state index in [9.17, 15) is 4.79 Å². The van der Waals surface area contributed by atoms with Gasteiger partial charge >= 0.3 is 5.97 Å². The van der Waals surface area contributed by atoms with Gasteiger partial charge in [-0.1, -0.05) is 18.2 Å². The van der Waals surface area contributed by atoms with Crippen LogP contribution in [-0.2, 0) is 16.1 Å². The van der Waals surface area contributed by atoms with Gasteiger partial charge in [-0.2, -0.15) is 0 Å². The fourth-order valence-corrected chi connectivity index (χ4v) is 5.16. The molecule has 0 spiro atoms. The van der Waals surface area contributed by atoms with Crippen molar-refractivity contribution in [3.8, 4) is 28.4 Å². The van der Waals surface area contributed by atoms with E-state index in [0.717, 1.165) is 29.0 Å². The van der Waals surface area contributed by atoms with E-state index in [1.54, 1.807) is 14.0 Å². The maximum Gasteiger partial charge on any atom is 0.305 e. The molecule has 0 aromatic heterocycles. The molecule has 2 aromatic rings. The summed E-state index contributed by atoms with van der Waals surface area (Å²) in [6, 6.07) is 8.15. The highest BCUT2D eigenvalue weighted by atomic mass is 16.5. The van der Waals surface area contributed by atoms with Gasteiger partial charge in [-0.05, 0) is 63.5 Å². The number of benzene rings is 2. The molecule has 0 bridgehead atoms. The number of hydrogen-bond acceptors (Lipinski definition) is 6. The number of carbonyl (C=O) groups is 1. The van der Waals surface area contributed by atoms with Gasteiger partial charge in [0.25, 0.3) is 0 Å². The van der Waals surface area contributed by atoms with Gasteiger partial charge < -0.3 is 23.8 Å². The lowest BCUT2D eigenvalue weighted by Gasteiger charge is -2.44. The zero-order valence-corrected chi connectivity index (χ0v) is 21.4. The predicted octanol–water partition coefficient (Wildman–Crippen LogP) is 6.16. The fourth-order valence-electron chi connectivity index (χ4n) is 5.16. The molecule has 0 atom stereocenters. The van der Waals surface area contributed by atoms with Crippen LogP contribution in [-0.4, -0.2) is 38.4 Å². The third-order valence-corrected chi connectivity index (χ3v) is 6.57. The van der Waals surface area contributed by atoms with Gasteiger partial charge in [-0.25, -0.2) is 0 Å². The van der Waals surface area contributed by atoms with Crippen molar-refractivity contribution in [3.63, 3.8) is 0 Å². The highest BCUT2D eigenvalue weighted by Crippen LogP contribution is 2.52. The number of nitrogens with zero attached hydrogens (tertiary/aromatic N) is 1. The van der Waals surface area contributed by atoms with Gasteiger partial charge in [0, 0.05) is 29.8 Å². The molecule has 0 fully saturated rings. The lowest BCUT2D eigenvalue weighted by Crippen LogP contribution is -2.45. The standard InChI is InChI=1S/C29H35NO5/c1-7-15-30-22-12-11-20-21(26(22)19(3)17-29(30,4)5)18-35-23-13-14-24(28(32-6)27(20)23)34-16-9-10-25(31)33-8-2/h7,11-14,17H,1,8-10,15-16,18H2,2-6H3. The van der Waals surface area contributed by atoms with E-state index in [0.29, 0.717) is 44.2 Å². The molecule has 0 saturated carbocycles. The lowest BCUT2D eigenvalue weighted by atomic mass is 9.82. The molecule has 2 heterocycles. The van der Waals surface area contributed by atoms with Crippen molar-refractivity contribution in [2.24, 2.45) is 0 Å². The Morgan fingerprint density at radius 1 is 1.23 bits per heavy atom. The third kappa shape index (κ3) is 4.62. The molecule has 2 aliphatic heterocycles. The van der Waals surface area contributed by atoms with Crippen molar-refractivity contribution in [3.05, 3.63) is 54.1 Å². The molecule has 4 rings (SSSR count). The molecular formula is C29H35NO5. The summed E-state index contributed by atoms with van der Waals surface area (Å²) in [4.78, 5) is 14.0. The lowest BCUT2D eigenvalue weighted by molar-refractivity contribution is -0.143. The van der Waals surface area contributed by atoms with Gasteiger partial charge in [-0.3, -0.25) is 4.79 Å². The number of ether oxygens (including phenoxy) is 4. The number of rotatable bonds is 9. The highest BCUT2D eigenvalue weighted by Gasteiger charge is 2.35. The van der Waals surface area contributed by atoms with E-state index in [2.05, 4.69) is 50.5 Å². The van der Waals surface area contributed by atoms with Crippen molar-refractivity contribution in [1.29, 1.82) is 0 Å². The Balaban J connectivity index is 1.71. The summed E-state index contributed by atoms with van der Waals surface area (Å²) < 4.78 is 23.1. The number of carbonyl (C=O) groups excluding carboxylic acids is 1. The molecule has 186 valence electrons. The highest BCUT2D eigenvalue weighted by molar-refractivity contribution is 5.92. The smallest absolute Gasteiger partial charge is 0.305 e. The SMILES string of the molecule is C=CCN1c2ccc3c(c2C(C)=CC1(C)C)COc1ccc(OCCCC(=O)OCC)c(OC)c1-3. The van der Waals surface area contributed by atoms with Crippen LogP contribution in [0.2, 0.25) is 0 Å². The molecule has 6 heteroatoms. The molecule has 0 radical (unpaired) electrons.